The van der Waals surface area contributed by atoms with Crippen LogP contribution in [-0.2, 0) is 4.74 Å². The van der Waals surface area contributed by atoms with Gasteiger partial charge in [0.25, 0.3) is 0 Å². The Bertz CT molecular complexity index is 438. The molecule has 0 spiro atoms. The minimum atomic E-state index is -0.291. The molecule has 0 atom stereocenters. The summed E-state index contributed by atoms with van der Waals surface area (Å²) in [6.45, 7) is 0. The minimum Gasteiger partial charge on any atom is -0.508 e. The van der Waals surface area contributed by atoms with E-state index in [9.17, 15) is 4.79 Å². The molecule has 0 aliphatic rings. The van der Waals surface area contributed by atoms with Crippen LogP contribution in [0.15, 0.2) is 60.7 Å². The quantitative estimate of drug-likeness (QED) is 0.766. The fraction of sp³-hybridized carbons (Fsp3) is 0.0714. The Morgan fingerprint density at radius 1 is 0.941 bits per heavy atom. The molecule has 0 bridgehead atoms. The standard InChI is InChI=1S/C8H8O2.C6H6O/c1-10-8(9)7-5-3-2-4-6-7;7-6-4-2-1-3-5-6/h2-6H,1H3;1-5,7H. The molecule has 0 radical (unpaired) electrons. The van der Waals surface area contributed by atoms with Gasteiger partial charge in [-0.15, -0.1) is 0 Å². The number of carbonyl (C=O) groups excluding carboxylic acids is 1. The molecule has 2 aromatic carbocycles. The van der Waals surface area contributed by atoms with Crippen molar-refractivity contribution in [3.05, 3.63) is 66.2 Å². The molecular formula is C14H14O3. The zero-order chi connectivity index (χ0) is 12.5. The van der Waals surface area contributed by atoms with Gasteiger partial charge in [-0.3, -0.25) is 0 Å². The Kier molecular flexibility index (Phi) is 5.31. The van der Waals surface area contributed by atoms with E-state index in [1.807, 2.05) is 12.1 Å². The van der Waals surface area contributed by atoms with Crippen LogP contribution in [0.3, 0.4) is 0 Å². The first kappa shape index (κ1) is 12.8. The lowest BCUT2D eigenvalue weighted by molar-refractivity contribution is 0.0600. The Morgan fingerprint density at radius 3 is 1.76 bits per heavy atom. The van der Waals surface area contributed by atoms with E-state index < -0.39 is 0 Å². The van der Waals surface area contributed by atoms with Gasteiger partial charge in [0.2, 0.25) is 0 Å². The SMILES string of the molecule is COC(=O)c1ccccc1.Oc1ccccc1. The maximum absolute atomic E-state index is 10.8. The number of para-hydroxylation sites is 1. The number of methoxy groups -OCH3 is 1. The maximum Gasteiger partial charge on any atom is 0.337 e. The number of esters is 1. The first-order chi connectivity index (χ1) is 8.24. The zero-order valence-electron chi connectivity index (χ0n) is 9.54. The summed E-state index contributed by atoms with van der Waals surface area (Å²) in [6.07, 6.45) is 0. The minimum absolute atomic E-state index is 0.291. The molecule has 0 aromatic heterocycles. The molecule has 88 valence electrons. The molecule has 0 saturated carbocycles. The first-order valence-electron chi connectivity index (χ1n) is 5.11. The summed E-state index contributed by atoms with van der Waals surface area (Å²) >= 11 is 0. The van der Waals surface area contributed by atoms with Gasteiger partial charge in [0, 0.05) is 0 Å². The third kappa shape index (κ3) is 4.84. The van der Waals surface area contributed by atoms with Crippen molar-refractivity contribution in [2.75, 3.05) is 7.11 Å². The molecule has 2 aromatic rings. The number of hydrogen-bond donors (Lipinski definition) is 1. The average Bonchev–Trinajstić information content (AvgIpc) is 2.40. The van der Waals surface area contributed by atoms with Gasteiger partial charge in [-0.05, 0) is 24.3 Å². The predicted molar refractivity (Wildman–Crippen MR) is 65.9 cm³/mol. The molecular weight excluding hydrogens is 216 g/mol. The van der Waals surface area contributed by atoms with E-state index in [2.05, 4.69) is 4.74 Å². The van der Waals surface area contributed by atoms with E-state index in [0.29, 0.717) is 11.3 Å². The second-order valence-electron chi connectivity index (χ2n) is 3.19. The van der Waals surface area contributed by atoms with Crippen molar-refractivity contribution in [3.63, 3.8) is 0 Å². The van der Waals surface area contributed by atoms with Gasteiger partial charge < -0.3 is 9.84 Å². The lowest BCUT2D eigenvalue weighted by Gasteiger charge is -1.95. The number of benzene rings is 2. The van der Waals surface area contributed by atoms with E-state index in [4.69, 9.17) is 5.11 Å². The van der Waals surface area contributed by atoms with Gasteiger partial charge in [-0.2, -0.15) is 0 Å². The molecule has 2 rings (SSSR count). The highest BCUT2D eigenvalue weighted by Gasteiger charge is 2.00. The van der Waals surface area contributed by atoms with E-state index >= 15 is 0 Å². The topological polar surface area (TPSA) is 46.5 Å². The van der Waals surface area contributed by atoms with Crippen LogP contribution < -0.4 is 0 Å². The fourth-order valence-corrected chi connectivity index (χ4v) is 1.12. The van der Waals surface area contributed by atoms with Crippen molar-refractivity contribution in [2.24, 2.45) is 0 Å². The smallest absolute Gasteiger partial charge is 0.337 e. The highest BCUT2D eigenvalue weighted by Crippen LogP contribution is 2.02. The zero-order valence-corrected chi connectivity index (χ0v) is 9.54. The van der Waals surface area contributed by atoms with Crippen molar-refractivity contribution in [2.45, 2.75) is 0 Å². The molecule has 0 amide bonds. The van der Waals surface area contributed by atoms with Crippen LogP contribution in [0.4, 0.5) is 0 Å². The third-order valence-corrected chi connectivity index (χ3v) is 1.95. The summed E-state index contributed by atoms with van der Waals surface area (Å²) in [5.41, 5.74) is 0.588. The largest absolute Gasteiger partial charge is 0.508 e. The number of aromatic hydroxyl groups is 1. The van der Waals surface area contributed by atoms with Crippen LogP contribution in [0.5, 0.6) is 5.75 Å². The number of carbonyl (C=O) groups is 1. The van der Waals surface area contributed by atoms with E-state index in [-0.39, 0.29) is 5.97 Å². The molecule has 0 heterocycles. The van der Waals surface area contributed by atoms with Crippen molar-refractivity contribution in [1.29, 1.82) is 0 Å². The molecule has 1 N–H and O–H groups in total. The Balaban J connectivity index is 0.000000181. The summed E-state index contributed by atoms with van der Waals surface area (Å²) in [6, 6.07) is 17.6. The molecule has 3 heteroatoms. The normalized spacial score (nSPS) is 8.76. The second kappa shape index (κ2) is 7.06. The van der Waals surface area contributed by atoms with Crippen molar-refractivity contribution in [1.82, 2.24) is 0 Å². The van der Waals surface area contributed by atoms with Gasteiger partial charge in [0.1, 0.15) is 5.75 Å². The first-order valence-corrected chi connectivity index (χ1v) is 5.11. The summed E-state index contributed by atoms with van der Waals surface area (Å²) in [7, 11) is 1.37. The van der Waals surface area contributed by atoms with E-state index in [0.717, 1.165) is 0 Å². The Labute approximate surface area is 100 Å². The van der Waals surface area contributed by atoms with Crippen LogP contribution in [0.1, 0.15) is 10.4 Å². The molecule has 0 fully saturated rings. The molecule has 0 saturated heterocycles. The number of ether oxygens (including phenoxy) is 1. The highest BCUT2D eigenvalue weighted by molar-refractivity contribution is 5.89. The molecule has 17 heavy (non-hydrogen) atoms. The number of phenols is 1. The highest BCUT2D eigenvalue weighted by atomic mass is 16.5. The lowest BCUT2D eigenvalue weighted by Crippen LogP contribution is -1.99. The summed E-state index contributed by atoms with van der Waals surface area (Å²) in [5, 5.41) is 8.63. The van der Waals surface area contributed by atoms with Crippen LogP contribution in [-0.4, -0.2) is 18.2 Å². The summed E-state index contributed by atoms with van der Waals surface area (Å²) in [4.78, 5) is 10.8. The fourth-order valence-electron chi connectivity index (χ4n) is 1.12. The number of hydrogen-bond acceptors (Lipinski definition) is 3. The van der Waals surface area contributed by atoms with Crippen LogP contribution in [0.25, 0.3) is 0 Å². The van der Waals surface area contributed by atoms with E-state index in [1.165, 1.54) is 7.11 Å². The van der Waals surface area contributed by atoms with Crippen molar-refractivity contribution >= 4 is 5.97 Å². The van der Waals surface area contributed by atoms with Crippen molar-refractivity contribution < 1.29 is 14.6 Å². The van der Waals surface area contributed by atoms with Crippen molar-refractivity contribution in [3.8, 4) is 5.75 Å². The van der Waals surface area contributed by atoms with Gasteiger partial charge in [-0.25, -0.2) is 4.79 Å². The summed E-state index contributed by atoms with van der Waals surface area (Å²) in [5.74, 6) is 0.0306. The summed E-state index contributed by atoms with van der Waals surface area (Å²) < 4.78 is 4.50. The van der Waals surface area contributed by atoms with Gasteiger partial charge in [0.05, 0.1) is 12.7 Å². The predicted octanol–water partition coefficient (Wildman–Crippen LogP) is 2.87. The molecule has 0 aliphatic heterocycles. The third-order valence-electron chi connectivity index (χ3n) is 1.95. The van der Waals surface area contributed by atoms with Gasteiger partial charge in [0.15, 0.2) is 0 Å². The maximum atomic E-state index is 10.8. The van der Waals surface area contributed by atoms with Gasteiger partial charge >= 0.3 is 5.97 Å². The second-order valence-corrected chi connectivity index (χ2v) is 3.19. The van der Waals surface area contributed by atoms with Crippen LogP contribution in [0.2, 0.25) is 0 Å². The Hall–Kier alpha value is -2.29. The lowest BCUT2D eigenvalue weighted by atomic mass is 10.2. The Morgan fingerprint density at radius 2 is 1.41 bits per heavy atom. The number of rotatable bonds is 1. The monoisotopic (exact) mass is 230 g/mol. The number of phenolic OH excluding ortho intramolecular Hbond substituents is 1. The average molecular weight is 230 g/mol. The molecule has 3 nitrogen and oxygen atoms in total. The van der Waals surface area contributed by atoms with Crippen LogP contribution >= 0.6 is 0 Å². The van der Waals surface area contributed by atoms with Gasteiger partial charge in [-0.1, -0.05) is 36.4 Å². The molecule has 0 aliphatic carbocycles. The van der Waals surface area contributed by atoms with E-state index in [1.54, 1.807) is 48.5 Å². The van der Waals surface area contributed by atoms with Crippen LogP contribution in [0, 0.1) is 0 Å². The molecule has 0 unspecified atom stereocenters.